The molecule has 0 unspecified atom stereocenters. The van der Waals surface area contributed by atoms with Crippen molar-refractivity contribution in [3.05, 3.63) is 146 Å². The molecule has 0 fully saturated rings. The van der Waals surface area contributed by atoms with Crippen molar-refractivity contribution in [3.63, 3.8) is 0 Å². The zero-order valence-corrected chi connectivity index (χ0v) is 26.4. The number of hydrogen-bond acceptors (Lipinski definition) is 7. The van der Waals surface area contributed by atoms with E-state index in [1.165, 1.54) is 12.1 Å². The van der Waals surface area contributed by atoms with Crippen LogP contribution in [0.4, 0.5) is 4.39 Å². The van der Waals surface area contributed by atoms with Gasteiger partial charge in [-0.25, -0.2) is 14.8 Å². The number of rotatable bonds is 14. The highest BCUT2D eigenvalue weighted by molar-refractivity contribution is 9.10. The molecule has 46 heavy (non-hydrogen) atoms. The summed E-state index contributed by atoms with van der Waals surface area (Å²) in [5.41, 5.74) is 16.7. The molecule has 5 rings (SSSR count). The lowest BCUT2D eigenvalue weighted by molar-refractivity contribution is -0.130. The number of carbonyl (C=O) groups excluding carboxylic acids is 1. The van der Waals surface area contributed by atoms with E-state index in [-0.39, 0.29) is 37.8 Å². The topological polar surface area (TPSA) is 141 Å². The minimum atomic E-state index is -1.53. The van der Waals surface area contributed by atoms with Gasteiger partial charge >= 0.3 is 0 Å². The van der Waals surface area contributed by atoms with E-state index in [1.54, 1.807) is 36.4 Å². The van der Waals surface area contributed by atoms with Crippen LogP contribution in [0.5, 0.6) is 5.75 Å². The third kappa shape index (κ3) is 7.72. The highest BCUT2D eigenvalue weighted by atomic mass is 79.9. The molecule has 1 amide bonds. The Balaban J connectivity index is 1.57. The maximum Gasteiger partial charge on any atom is 0.266 e. The number of aliphatic hydroxyl groups excluding tert-OH is 1. The first-order valence-electron chi connectivity index (χ1n) is 14.6. The Kier molecular flexibility index (Phi) is 11.0. The van der Waals surface area contributed by atoms with Crippen molar-refractivity contribution >= 4 is 27.7 Å². The normalized spacial score (nSPS) is 17.0. The first-order chi connectivity index (χ1) is 22.4. The van der Waals surface area contributed by atoms with Crippen LogP contribution >= 0.6 is 15.9 Å². The Labute approximate surface area is 274 Å². The molecule has 236 valence electrons. The SMILES string of the molecule is [N-]=[N+]=NCc1ccccc1[C@@H]1OC(c2ccc(OCCCO)cc2)=N[C@]1(Cc1ccccc1Br)C(=O)NNCc1cccc(F)c1. The quantitative estimate of drug-likeness (QED) is 0.0458. The van der Waals surface area contributed by atoms with Gasteiger partial charge in [-0.05, 0) is 70.2 Å². The van der Waals surface area contributed by atoms with E-state index in [2.05, 4.69) is 36.8 Å². The molecule has 0 saturated heterocycles. The summed E-state index contributed by atoms with van der Waals surface area (Å²) in [4.78, 5) is 22.4. The van der Waals surface area contributed by atoms with E-state index in [9.17, 15) is 9.18 Å². The summed E-state index contributed by atoms with van der Waals surface area (Å²) in [6, 6.07) is 28.1. The van der Waals surface area contributed by atoms with Gasteiger partial charge in [-0.3, -0.25) is 10.2 Å². The molecule has 1 aliphatic heterocycles. The van der Waals surface area contributed by atoms with Gasteiger partial charge in [0.25, 0.3) is 5.91 Å². The van der Waals surface area contributed by atoms with Gasteiger partial charge in [0.15, 0.2) is 11.6 Å². The molecule has 0 aromatic heterocycles. The number of nitrogens with zero attached hydrogens (tertiary/aromatic N) is 4. The molecular weight excluding hydrogens is 655 g/mol. The Hall–Kier alpha value is -4.74. The molecule has 0 aliphatic carbocycles. The minimum absolute atomic E-state index is 0.0318. The smallest absolute Gasteiger partial charge is 0.266 e. The van der Waals surface area contributed by atoms with Gasteiger partial charge in [0.2, 0.25) is 5.90 Å². The zero-order chi connectivity index (χ0) is 32.4. The molecule has 0 saturated carbocycles. The fourth-order valence-electron chi connectivity index (χ4n) is 5.21. The maximum atomic E-state index is 14.5. The van der Waals surface area contributed by atoms with Gasteiger partial charge in [-0.2, -0.15) is 0 Å². The standard InChI is InChI=1S/C34H32BrFN6O4/c35-30-12-4-2-8-25(30)20-34(33(44)41-38-21-23-7-5-10-27(36)19-23)31(29-11-3-1-9-26(29)22-39-42-37)46-32(40-34)24-13-15-28(16-14-24)45-18-6-17-43/h1-5,7-16,19,31,38,43H,6,17-18,20-22H2,(H,41,44)/t31-,34-/m0/s1. The van der Waals surface area contributed by atoms with Crippen LogP contribution in [-0.4, -0.2) is 35.7 Å². The number of nitrogens with one attached hydrogen (secondary N) is 2. The number of aliphatic hydroxyl groups is 1. The van der Waals surface area contributed by atoms with Crippen LogP contribution < -0.4 is 15.6 Å². The van der Waals surface area contributed by atoms with Crippen molar-refractivity contribution in [1.82, 2.24) is 10.9 Å². The van der Waals surface area contributed by atoms with E-state index in [0.717, 1.165) is 10.0 Å². The van der Waals surface area contributed by atoms with Crippen LogP contribution in [0.2, 0.25) is 0 Å². The summed E-state index contributed by atoms with van der Waals surface area (Å²) in [6.07, 6.45) is -0.265. The van der Waals surface area contributed by atoms with Crippen molar-refractivity contribution in [3.8, 4) is 5.75 Å². The highest BCUT2D eigenvalue weighted by Gasteiger charge is 2.54. The number of hydrogen-bond donors (Lipinski definition) is 3. The van der Waals surface area contributed by atoms with Crippen LogP contribution in [-0.2, 0) is 29.0 Å². The molecule has 0 bridgehead atoms. The van der Waals surface area contributed by atoms with Gasteiger partial charge in [0.1, 0.15) is 11.6 Å². The van der Waals surface area contributed by atoms with Gasteiger partial charge in [-0.15, -0.1) is 0 Å². The fraction of sp³-hybridized carbons (Fsp3) is 0.235. The van der Waals surface area contributed by atoms with Crippen molar-refractivity contribution in [2.45, 2.75) is 37.6 Å². The molecule has 10 nitrogen and oxygen atoms in total. The molecular formula is C34H32BrFN6O4. The van der Waals surface area contributed by atoms with Gasteiger partial charge in [0.05, 0.1) is 13.2 Å². The van der Waals surface area contributed by atoms with Crippen molar-refractivity contribution in [2.75, 3.05) is 13.2 Å². The molecule has 2 atom stereocenters. The van der Waals surface area contributed by atoms with Crippen molar-refractivity contribution in [2.24, 2.45) is 10.1 Å². The van der Waals surface area contributed by atoms with Crippen LogP contribution in [0.25, 0.3) is 10.4 Å². The summed E-state index contributed by atoms with van der Waals surface area (Å²) in [6.45, 7) is 0.618. The maximum absolute atomic E-state index is 14.5. The lowest BCUT2D eigenvalue weighted by Crippen LogP contribution is -2.53. The Morgan fingerprint density at radius 1 is 1.07 bits per heavy atom. The van der Waals surface area contributed by atoms with E-state index >= 15 is 0 Å². The van der Waals surface area contributed by atoms with Crippen molar-refractivity contribution in [1.29, 1.82) is 0 Å². The lowest BCUT2D eigenvalue weighted by atomic mass is 9.80. The molecule has 3 N–H and O–H groups in total. The Morgan fingerprint density at radius 2 is 1.83 bits per heavy atom. The van der Waals surface area contributed by atoms with E-state index in [1.807, 2.05) is 48.5 Å². The number of azide groups is 1. The second-order valence-electron chi connectivity index (χ2n) is 10.6. The molecule has 12 heteroatoms. The van der Waals surface area contributed by atoms with Crippen LogP contribution in [0, 0.1) is 5.82 Å². The van der Waals surface area contributed by atoms with Gasteiger partial charge < -0.3 is 14.6 Å². The Morgan fingerprint density at radius 3 is 2.57 bits per heavy atom. The van der Waals surface area contributed by atoms with E-state index in [0.29, 0.717) is 41.0 Å². The molecule has 1 aliphatic rings. The average molecular weight is 688 g/mol. The van der Waals surface area contributed by atoms with Gasteiger partial charge in [-0.1, -0.05) is 75.6 Å². The largest absolute Gasteiger partial charge is 0.494 e. The highest BCUT2D eigenvalue weighted by Crippen LogP contribution is 2.44. The molecule has 0 radical (unpaired) electrons. The predicted octanol–water partition coefficient (Wildman–Crippen LogP) is 6.48. The second kappa shape index (κ2) is 15.5. The monoisotopic (exact) mass is 686 g/mol. The summed E-state index contributed by atoms with van der Waals surface area (Å²) < 4.78 is 26.9. The number of benzene rings is 4. The molecule has 1 heterocycles. The zero-order valence-electron chi connectivity index (χ0n) is 24.8. The van der Waals surface area contributed by atoms with E-state index < -0.39 is 17.6 Å². The number of carbonyl (C=O) groups is 1. The van der Waals surface area contributed by atoms with Crippen molar-refractivity contribution < 1.29 is 23.8 Å². The first-order valence-corrected chi connectivity index (χ1v) is 15.4. The summed E-state index contributed by atoms with van der Waals surface area (Å²) in [5, 5.41) is 12.8. The summed E-state index contributed by atoms with van der Waals surface area (Å²) in [7, 11) is 0. The third-order valence-electron chi connectivity index (χ3n) is 7.47. The Bertz CT molecular complexity index is 1750. The third-order valence-corrected chi connectivity index (χ3v) is 8.25. The average Bonchev–Trinajstić information content (AvgIpc) is 3.45. The number of aliphatic imine (C=N–C) groups is 1. The first kappa shape index (κ1) is 32.6. The van der Waals surface area contributed by atoms with Crippen LogP contribution in [0.1, 0.15) is 40.3 Å². The van der Waals surface area contributed by atoms with Gasteiger partial charge in [0, 0.05) is 40.9 Å². The summed E-state index contributed by atoms with van der Waals surface area (Å²) in [5.74, 6) is 0.0156. The number of hydrazine groups is 1. The number of ether oxygens (including phenoxy) is 2. The van der Waals surface area contributed by atoms with E-state index in [4.69, 9.17) is 25.1 Å². The lowest BCUT2D eigenvalue weighted by Gasteiger charge is -2.32. The molecule has 4 aromatic rings. The fourth-order valence-corrected chi connectivity index (χ4v) is 5.64. The summed E-state index contributed by atoms with van der Waals surface area (Å²) >= 11 is 3.63. The predicted molar refractivity (Wildman–Crippen MR) is 175 cm³/mol. The number of amides is 1. The molecule has 4 aromatic carbocycles. The van der Waals surface area contributed by atoms with Crippen LogP contribution in [0.3, 0.4) is 0 Å². The molecule has 0 spiro atoms. The minimum Gasteiger partial charge on any atom is -0.494 e. The number of halogens is 2. The second-order valence-corrected chi connectivity index (χ2v) is 11.4. The van der Waals surface area contributed by atoms with Crippen LogP contribution in [0.15, 0.2) is 112 Å².